The Morgan fingerprint density at radius 3 is 2.34 bits per heavy atom. The zero-order valence-corrected chi connectivity index (χ0v) is 16.3. The second kappa shape index (κ2) is 7.68. The third-order valence-electron chi connectivity index (χ3n) is 4.94. The maximum atomic E-state index is 13.3. The van der Waals surface area contributed by atoms with E-state index in [9.17, 15) is 9.59 Å². The topological polar surface area (TPSA) is 59.1 Å². The molecule has 0 fully saturated rings. The number of nitrogens with zero attached hydrogens (tertiary/aromatic N) is 1. The summed E-state index contributed by atoms with van der Waals surface area (Å²) in [5, 5.41) is 3.74. The Labute approximate surface area is 169 Å². The predicted octanol–water partition coefficient (Wildman–Crippen LogP) is 5.67. The second-order valence-electron chi connectivity index (χ2n) is 6.93. The molecule has 0 saturated carbocycles. The maximum absolute atomic E-state index is 13.3. The summed E-state index contributed by atoms with van der Waals surface area (Å²) in [4.78, 5) is 29.8. The molecule has 0 radical (unpaired) electrons. The molecule has 29 heavy (non-hydrogen) atoms. The lowest BCUT2D eigenvalue weighted by atomic mass is 9.97. The number of amides is 1. The molecule has 1 heterocycles. The number of aromatic nitrogens is 1. The molecular formula is C25H20N2O2. The summed E-state index contributed by atoms with van der Waals surface area (Å²) in [5.74, 6) is -0.267. The number of carbonyl (C=O) groups excluding carboxylic acids is 2. The highest BCUT2D eigenvalue weighted by molar-refractivity contribution is 6.14. The minimum atomic E-state index is -0.223. The van der Waals surface area contributed by atoms with E-state index in [1.807, 2.05) is 61.5 Å². The van der Waals surface area contributed by atoms with Crippen LogP contribution in [0.15, 0.2) is 78.9 Å². The molecule has 1 aromatic heterocycles. The molecule has 0 aliphatic heterocycles. The van der Waals surface area contributed by atoms with Gasteiger partial charge in [-0.3, -0.25) is 9.59 Å². The van der Waals surface area contributed by atoms with Crippen LogP contribution in [0.5, 0.6) is 0 Å². The number of benzene rings is 3. The Morgan fingerprint density at radius 2 is 1.59 bits per heavy atom. The van der Waals surface area contributed by atoms with Gasteiger partial charge in [0.15, 0.2) is 5.78 Å². The number of hydrogen-bond donors (Lipinski definition) is 1. The van der Waals surface area contributed by atoms with Crippen molar-refractivity contribution in [2.75, 3.05) is 5.32 Å². The van der Waals surface area contributed by atoms with Gasteiger partial charge in [-0.05, 0) is 37.6 Å². The predicted molar refractivity (Wildman–Crippen MR) is 116 cm³/mol. The molecule has 1 amide bonds. The van der Waals surface area contributed by atoms with Crippen LogP contribution in [0, 0.1) is 6.92 Å². The summed E-state index contributed by atoms with van der Waals surface area (Å²) in [5.41, 5.74) is 5.06. The van der Waals surface area contributed by atoms with Crippen molar-refractivity contribution in [3.63, 3.8) is 0 Å². The van der Waals surface area contributed by atoms with Crippen LogP contribution in [0.4, 0.5) is 5.69 Å². The normalized spacial score (nSPS) is 10.7. The molecule has 0 spiro atoms. The van der Waals surface area contributed by atoms with Gasteiger partial charge in [0.25, 0.3) is 5.91 Å². The first kappa shape index (κ1) is 18.6. The fourth-order valence-corrected chi connectivity index (χ4v) is 3.49. The number of anilines is 1. The molecule has 0 aliphatic rings. The first-order chi connectivity index (χ1) is 14.0. The van der Waals surface area contributed by atoms with Gasteiger partial charge in [-0.15, -0.1) is 0 Å². The Morgan fingerprint density at radius 1 is 0.862 bits per heavy atom. The molecule has 0 atom stereocenters. The minimum Gasteiger partial charge on any atom is -0.322 e. The number of rotatable bonds is 4. The number of hydrogen-bond acceptors (Lipinski definition) is 3. The van der Waals surface area contributed by atoms with E-state index in [0.717, 1.165) is 27.7 Å². The standard InChI is InChI=1S/C25H20N2O2/c1-16-23(25(29)26-20-12-8-11-19(15-20)17(2)28)21-13-6-7-14-22(21)27-24(16)18-9-4-3-5-10-18/h3-15H,1-2H3,(H,26,29). The van der Waals surface area contributed by atoms with Gasteiger partial charge in [0.2, 0.25) is 0 Å². The molecule has 4 aromatic rings. The third kappa shape index (κ3) is 3.65. The molecule has 3 aromatic carbocycles. The van der Waals surface area contributed by atoms with Gasteiger partial charge in [-0.2, -0.15) is 0 Å². The van der Waals surface area contributed by atoms with E-state index in [2.05, 4.69) is 5.32 Å². The van der Waals surface area contributed by atoms with E-state index in [1.54, 1.807) is 24.3 Å². The monoisotopic (exact) mass is 380 g/mol. The van der Waals surface area contributed by atoms with Gasteiger partial charge < -0.3 is 5.32 Å². The number of para-hydroxylation sites is 1. The molecule has 4 rings (SSSR count). The van der Waals surface area contributed by atoms with Crippen molar-refractivity contribution in [3.8, 4) is 11.3 Å². The number of ketones is 1. The van der Waals surface area contributed by atoms with Crippen LogP contribution in [0.2, 0.25) is 0 Å². The van der Waals surface area contributed by atoms with Crippen molar-refractivity contribution in [1.82, 2.24) is 4.98 Å². The van der Waals surface area contributed by atoms with Crippen molar-refractivity contribution >= 4 is 28.3 Å². The molecule has 0 unspecified atom stereocenters. The average Bonchev–Trinajstić information content (AvgIpc) is 2.74. The van der Waals surface area contributed by atoms with Gasteiger partial charge in [0, 0.05) is 22.2 Å². The Balaban J connectivity index is 1.84. The first-order valence-corrected chi connectivity index (χ1v) is 9.41. The Bertz CT molecular complexity index is 1230. The minimum absolute atomic E-state index is 0.0435. The summed E-state index contributed by atoms with van der Waals surface area (Å²) in [7, 11) is 0. The van der Waals surface area contributed by atoms with Crippen LogP contribution < -0.4 is 5.32 Å². The van der Waals surface area contributed by atoms with E-state index in [-0.39, 0.29) is 11.7 Å². The van der Waals surface area contributed by atoms with Gasteiger partial charge >= 0.3 is 0 Å². The maximum Gasteiger partial charge on any atom is 0.256 e. The van der Waals surface area contributed by atoms with Crippen molar-refractivity contribution < 1.29 is 9.59 Å². The SMILES string of the molecule is CC(=O)c1cccc(NC(=O)c2c(C)c(-c3ccccc3)nc3ccccc23)c1. The van der Waals surface area contributed by atoms with E-state index in [4.69, 9.17) is 4.98 Å². The molecule has 142 valence electrons. The smallest absolute Gasteiger partial charge is 0.256 e. The molecule has 0 saturated heterocycles. The summed E-state index contributed by atoms with van der Waals surface area (Å²) in [6, 6.07) is 24.4. The molecular weight excluding hydrogens is 360 g/mol. The van der Waals surface area contributed by atoms with Crippen molar-refractivity contribution in [2.24, 2.45) is 0 Å². The zero-order valence-electron chi connectivity index (χ0n) is 16.3. The van der Waals surface area contributed by atoms with E-state index >= 15 is 0 Å². The average molecular weight is 380 g/mol. The van der Waals surface area contributed by atoms with E-state index in [1.165, 1.54) is 6.92 Å². The number of fused-ring (bicyclic) bond motifs is 1. The van der Waals surface area contributed by atoms with E-state index < -0.39 is 0 Å². The van der Waals surface area contributed by atoms with Crippen molar-refractivity contribution in [3.05, 3.63) is 95.6 Å². The van der Waals surface area contributed by atoms with Crippen LogP contribution in [0.1, 0.15) is 33.2 Å². The highest BCUT2D eigenvalue weighted by Gasteiger charge is 2.19. The summed E-state index contributed by atoms with van der Waals surface area (Å²) in [6.45, 7) is 3.43. The number of pyridine rings is 1. The Kier molecular flexibility index (Phi) is 4.92. The quantitative estimate of drug-likeness (QED) is 0.464. The number of carbonyl (C=O) groups is 2. The summed E-state index contributed by atoms with van der Waals surface area (Å²) >= 11 is 0. The number of Topliss-reactive ketones (excluding diaryl/α,β-unsaturated/α-hetero) is 1. The lowest BCUT2D eigenvalue weighted by Crippen LogP contribution is -2.15. The van der Waals surface area contributed by atoms with Crippen LogP contribution in [0.3, 0.4) is 0 Å². The molecule has 0 bridgehead atoms. The lowest BCUT2D eigenvalue weighted by Gasteiger charge is -2.15. The Hall–Kier alpha value is -3.79. The van der Waals surface area contributed by atoms with E-state index in [0.29, 0.717) is 16.8 Å². The highest BCUT2D eigenvalue weighted by atomic mass is 16.1. The third-order valence-corrected chi connectivity index (χ3v) is 4.94. The molecule has 4 nitrogen and oxygen atoms in total. The lowest BCUT2D eigenvalue weighted by molar-refractivity contribution is 0.101. The van der Waals surface area contributed by atoms with Gasteiger partial charge in [0.05, 0.1) is 16.8 Å². The first-order valence-electron chi connectivity index (χ1n) is 9.41. The fourth-order valence-electron chi connectivity index (χ4n) is 3.49. The number of nitrogens with one attached hydrogen (secondary N) is 1. The van der Waals surface area contributed by atoms with Gasteiger partial charge in [-0.25, -0.2) is 4.98 Å². The van der Waals surface area contributed by atoms with Crippen molar-refractivity contribution in [2.45, 2.75) is 13.8 Å². The fraction of sp³-hybridized carbons (Fsp3) is 0.0800. The summed E-state index contributed by atoms with van der Waals surface area (Å²) < 4.78 is 0. The second-order valence-corrected chi connectivity index (χ2v) is 6.93. The van der Waals surface area contributed by atoms with Crippen molar-refractivity contribution in [1.29, 1.82) is 0 Å². The molecule has 1 N–H and O–H groups in total. The van der Waals surface area contributed by atoms with Gasteiger partial charge in [0.1, 0.15) is 0 Å². The highest BCUT2D eigenvalue weighted by Crippen LogP contribution is 2.30. The zero-order chi connectivity index (χ0) is 20.4. The molecule has 0 aliphatic carbocycles. The summed E-state index contributed by atoms with van der Waals surface area (Å²) in [6.07, 6.45) is 0. The van der Waals surface area contributed by atoms with Gasteiger partial charge in [-0.1, -0.05) is 60.7 Å². The largest absolute Gasteiger partial charge is 0.322 e. The van der Waals surface area contributed by atoms with Crippen LogP contribution >= 0.6 is 0 Å². The molecule has 4 heteroatoms. The van der Waals surface area contributed by atoms with Crippen LogP contribution in [-0.4, -0.2) is 16.7 Å². The van der Waals surface area contributed by atoms with Crippen LogP contribution in [-0.2, 0) is 0 Å². The van der Waals surface area contributed by atoms with Crippen LogP contribution in [0.25, 0.3) is 22.2 Å².